The Kier molecular flexibility index (Phi) is 3.90. The van der Waals surface area contributed by atoms with E-state index >= 15 is 0 Å². The van der Waals surface area contributed by atoms with Crippen molar-refractivity contribution in [3.63, 3.8) is 0 Å². The molecule has 0 radical (unpaired) electrons. The molecule has 0 spiro atoms. The molecule has 2 aromatic rings. The molecule has 0 saturated heterocycles. The van der Waals surface area contributed by atoms with Crippen LogP contribution in [0.3, 0.4) is 0 Å². The van der Waals surface area contributed by atoms with Crippen LogP contribution in [0.1, 0.15) is 15.9 Å². The molecule has 0 amide bonds. The van der Waals surface area contributed by atoms with Crippen molar-refractivity contribution in [2.75, 3.05) is 7.11 Å². The van der Waals surface area contributed by atoms with Crippen LogP contribution >= 0.6 is 0 Å². The van der Waals surface area contributed by atoms with Gasteiger partial charge >= 0.3 is 0 Å². The van der Waals surface area contributed by atoms with Gasteiger partial charge in [-0.05, 0) is 35.9 Å². The highest BCUT2D eigenvalue weighted by molar-refractivity contribution is 5.97. The summed E-state index contributed by atoms with van der Waals surface area (Å²) in [5.74, 6) is -1.53. The van der Waals surface area contributed by atoms with Crippen molar-refractivity contribution in [3.8, 4) is 5.75 Å². The molecule has 0 fully saturated rings. The van der Waals surface area contributed by atoms with Crippen LogP contribution < -0.4 is 4.74 Å². The minimum Gasteiger partial charge on any atom is -0.497 e. The average molecular weight is 262 g/mol. The minimum absolute atomic E-state index is 0.134. The summed E-state index contributed by atoms with van der Waals surface area (Å²) in [7, 11) is 1.56. The maximum Gasteiger partial charge on any atom is 0.167 e. The molecule has 0 aliphatic heterocycles. The third-order valence-electron chi connectivity index (χ3n) is 2.77. The Morgan fingerprint density at radius 3 is 2.32 bits per heavy atom. The smallest absolute Gasteiger partial charge is 0.167 e. The number of benzene rings is 2. The Morgan fingerprint density at radius 1 is 1.05 bits per heavy atom. The Morgan fingerprint density at radius 2 is 1.74 bits per heavy atom. The zero-order chi connectivity index (χ0) is 13.8. The van der Waals surface area contributed by atoms with Gasteiger partial charge in [-0.1, -0.05) is 12.1 Å². The summed E-state index contributed by atoms with van der Waals surface area (Å²) in [5.41, 5.74) is 0.949. The Hall–Kier alpha value is -2.23. The second-order valence-corrected chi connectivity index (χ2v) is 4.08. The van der Waals surface area contributed by atoms with Crippen LogP contribution in [0, 0.1) is 11.6 Å². The van der Waals surface area contributed by atoms with Crippen LogP contribution in [0.5, 0.6) is 5.75 Å². The lowest BCUT2D eigenvalue weighted by molar-refractivity contribution is 0.0992. The van der Waals surface area contributed by atoms with Gasteiger partial charge in [-0.3, -0.25) is 4.79 Å². The summed E-state index contributed by atoms with van der Waals surface area (Å²) >= 11 is 0. The number of rotatable bonds is 4. The zero-order valence-corrected chi connectivity index (χ0v) is 10.3. The number of hydrogen-bond donors (Lipinski definition) is 0. The van der Waals surface area contributed by atoms with Crippen molar-refractivity contribution in [3.05, 3.63) is 65.2 Å². The van der Waals surface area contributed by atoms with E-state index in [-0.39, 0.29) is 17.8 Å². The normalized spacial score (nSPS) is 10.3. The molecule has 0 unspecified atom stereocenters. The highest BCUT2D eigenvalue weighted by atomic mass is 19.2. The van der Waals surface area contributed by atoms with Crippen molar-refractivity contribution < 1.29 is 18.3 Å². The summed E-state index contributed by atoms with van der Waals surface area (Å²) in [6.45, 7) is 0. The second kappa shape index (κ2) is 5.61. The molecule has 0 bridgehead atoms. The van der Waals surface area contributed by atoms with E-state index in [0.29, 0.717) is 5.75 Å². The van der Waals surface area contributed by atoms with Gasteiger partial charge in [0.25, 0.3) is 0 Å². The summed E-state index contributed by atoms with van der Waals surface area (Å²) < 4.78 is 30.8. The molecule has 2 aromatic carbocycles. The largest absolute Gasteiger partial charge is 0.497 e. The van der Waals surface area contributed by atoms with Crippen LogP contribution in [-0.2, 0) is 6.42 Å². The Labute approximate surface area is 109 Å². The Bertz CT molecular complexity index is 592. The van der Waals surface area contributed by atoms with E-state index in [1.807, 2.05) is 0 Å². The van der Waals surface area contributed by atoms with Gasteiger partial charge in [0.15, 0.2) is 17.4 Å². The number of Topliss-reactive ketones (excluding diaryl/α,β-unsaturated/α-hetero) is 1. The molecule has 2 rings (SSSR count). The van der Waals surface area contributed by atoms with Gasteiger partial charge < -0.3 is 4.74 Å². The highest BCUT2D eigenvalue weighted by Crippen LogP contribution is 2.15. The first-order valence-electron chi connectivity index (χ1n) is 5.71. The van der Waals surface area contributed by atoms with Gasteiger partial charge in [-0.2, -0.15) is 0 Å². The summed E-state index contributed by atoms with van der Waals surface area (Å²) in [5, 5.41) is 0. The fourth-order valence-electron chi connectivity index (χ4n) is 1.70. The molecule has 98 valence electrons. The summed E-state index contributed by atoms with van der Waals surface area (Å²) in [6.07, 6.45) is 0.134. The van der Waals surface area contributed by atoms with E-state index in [2.05, 4.69) is 0 Å². The van der Waals surface area contributed by atoms with Gasteiger partial charge in [-0.15, -0.1) is 0 Å². The molecule has 2 nitrogen and oxygen atoms in total. The average Bonchev–Trinajstić information content (AvgIpc) is 2.42. The van der Waals surface area contributed by atoms with E-state index in [4.69, 9.17) is 4.74 Å². The molecule has 0 saturated carbocycles. The quantitative estimate of drug-likeness (QED) is 0.789. The van der Waals surface area contributed by atoms with Crippen LogP contribution in [0.25, 0.3) is 0 Å². The topological polar surface area (TPSA) is 26.3 Å². The van der Waals surface area contributed by atoms with E-state index in [9.17, 15) is 13.6 Å². The molecule has 4 heteroatoms. The molecule has 0 heterocycles. The van der Waals surface area contributed by atoms with Gasteiger partial charge in [0, 0.05) is 12.0 Å². The summed E-state index contributed by atoms with van der Waals surface area (Å²) in [6, 6.07) is 10.2. The van der Waals surface area contributed by atoms with E-state index < -0.39 is 11.6 Å². The number of halogens is 2. The third-order valence-corrected chi connectivity index (χ3v) is 2.77. The number of hydrogen-bond acceptors (Lipinski definition) is 2. The molecular weight excluding hydrogens is 250 g/mol. The maximum atomic E-state index is 13.0. The molecule has 0 atom stereocenters. The van der Waals surface area contributed by atoms with Crippen molar-refractivity contribution in [2.45, 2.75) is 6.42 Å². The zero-order valence-electron chi connectivity index (χ0n) is 10.3. The predicted octanol–water partition coefficient (Wildman–Crippen LogP) is 3.40. The minimum atomic E-state index is -1.01. The lowest BCUT2D eigenvalue weighted by Crippen LogP contribution is -2.04. The molecular formula is C15H12F2O2. The molecule has 0 aliphatic rings. The van der Waals surface area contributed by atoms with Crippen LogP contribution in [0.4, 0.5) is 8.78 Å². The molecule has 19 heavy (non-hydrogen) atoms. The first-order valence-corrected chi connectivity index (χ1v) is 5.71. The number of methoxy groups -OCH3 is 1. The van der Waals surface area contributed by atoms with Crippen LogP contribution in [0.15, 0.2) is 42.5 Å². The second-order valence-electron chi connectivity index (χ2n) is 4.08. The number of carbonyl (C=O) groups is 1. The summed E-state index contributed by atoms with van der Waals surface area (Å²) in [4.78, 5) is 11.9. The molecule has 0 aliphatic carbocycles. The first kappa shape index (κ1) is 13.2. The molecule has 0 N–H and O–H groups in total. The van der Waals surface area contributed by atoms with Crippen molar-refractivity contribution in [2.24, 2.45) is 0 Å². The number of ether oxygens (including phenoxy) is 1. The van der Waals surface area contributed by atoms with E-state index in [1.54, 1.807) is 31.4 Å². The van der Waals surface area contributed by atoms with Gasteiger partial charge in [0.05, 0.1) is 7.11 Å². The maximum absolute atomic E-state index is 13.0. The molecule has 0 aromatic heterocycles. The predicted molar refractivity (Wildman–Crippen MR) is 67.4 cm³/mol. The fraction of sp³-hybridized carbons (Fsp3) is 0.133. The fourth-order valence-corrected chi connectivity index (χ4v) is 1.70. The Balaban J connectivity index is 2.13. The van der Waals surface area contributed by atoms with Gasteiger partial charge in [0.1, 0.15) is 5.75 Å². The van der Waals surface area contributed by atoms with Crippen molar-refractivity contribution >= 4 is 5.78 Å². The van der Waals surface area contributed by atoms with E-state index in [1.165, 1.54) is 6.07 Å². The lowest BCUT2D eigenvalue weighted by atomic mass is 10.0. The first-order chi connectivity index (χ1) is 9.10. The number of ketones is 1. The SMILES string of the molecule is COc1ccc(CC(=O)c2ccc(F)c(F)c2)cc1. The monoisotopic (exact) mass is 262 g/mol. The lowest BCUT2D eigenvalue weighted by Gasteiger charge is -2.04. The number of carbonyl (C=O) groups excluding carboxylic acids is 1. The van der Waals surface area contributed by atoms with Gasteiger partial charge in [0.2, 0.25) is 0 Å². The van der Waals surface area contributed by atoms with Crippen molar-refractivity contribution in [1.29, 1.82) is 0 Å². The van der Waals surface area contributed by atoms with E-state index in [0.717, 1.165) is 17.7 Å². The van der Waals surface area contributed by atoms with Crippen LogP contribution in [0.2, 0.25) is 0 Å². The standard InChI is InChI=1S/C15H12F2O2/c1-19-12-5-2-10(3-6-12)8-15(18)11-4-7-13(16)14(17)9-11/h2-7,9H,8H2,1H3. The van der Waals surface area contributed by atoms with Crippen LogP contribution in [-0.4, -0.2) is 12.9 Å². The highest BCUT2D eigenvalue weighted by Gasteiger charge is 2.10. The third kappa shape index (κ3) is 3.16. The van der Waals surface area contributed by atoms with Crippen molar-refractivity contribution in [1.82, 2.24) is 0 Å². The van der Waals surface area contributed by atoms with Gasteiger partial charge in [-0.25, -0.2) is 8.78 Å².